The third kappa shape index (κ3) is 4.67. The Morgan fingerprint density at radius 2 is 1.68 bits per heavy atom. The van der Waals surface area contributed by atoms with Crippen LogP contribution in [-0.2, 0) is 0 Å². The van der Waals surface area contributed by atoms with Crippen molar-refractivity contribution in [1.82, 2.24) is 0 Å². The molecule has 0 unspecified atom stereocenters. The lowest BCUT2D eigenvalue weighted by molar-refractivity contribution is 0.126. The molecule has 2 atom stereocenters. The van der Waals surface area contributed by atoms with Crippen LogP contribution in [0.2, 0.25) is 0 Å². The van der Waals surface area contributed by atoms with E-state index in [1.54, 1.807) is 0 Å². The zero-order valence-corrected chi connectivity index (χ0v) is 11.7. The largest absolute Gasteiger partial charge is 0.391 e. The topological polar surface area (TPSA) is 46.2 Å². The number of hydrogen-bond acceptors (Lipinski definition) is 2. The Kier molecular flexibility index (Phi) is 7.41. The molecule has 0 aromatic heterocycles. The maximum atomic E-state index is 13.5. The van der Waals surface area contributed by atoms with Crippen molar-refractivity contribution >= 4 is 12.4 Å². The number of aliphatic hydroxyl groups is 1. The van der Waals surface area contributed by atoms with Gasteiger partial charge in [-0.05, 0) is 24.8 Å². The van der Waals surface area contributed by atoms with Gasteiger partial charge in [-0.1, -0.05) is 19.9 Å². The average Bonchev–Trinajstić information content (AvgIpc) is 2.32. The van der Waals surface area contributed by atoms with E-state index in [2.05, 4.69) is 0 Å². The Hall–Kier alpha value is -0.780. The van der Waals surface area contributed by atoms with E-state index in [0.29, 0.717) is 12.3 Å². The number of nitrogens with two attached hydrogens (primary N) is 1. The van der Waals surface area contributed by atoms with Crippen LogP contribution in [0.15, 0.2) is 12.1 Å². The molecule has 1 aromatic carbocycles. The zero-order chi connectivity index (χ0) is 13.9. The smallest absolute Gasteiger partial charge is 0.194 e. The fourth-order valence-electron chi connectivity index (χ4n) is 1.69. The molecule has 1 aromatic rings. The number of aliphatic hydroxyl groups excluding tert-OH is 1. The highest BCUT2D eigenvalue weighted by atomic mass is 35.5. The quantitative estimate of drug-likeness (QED) is 0.819. The van der Waals surface area contributed by atoms with Gasteiger partial charge in [0.25, 0.3) is 0 Å². The predicted molar refractivity (Wildman–Crippen MR) is 70.6 cm³/mol. The molecule has 110 valence electrons. The van der Waals surface area contributed by atoms with E-state index in [1.165, 1.54) is 0 Å². The van der Waals surface area contributed by atoms with Gasteiger partial charge in [0.1, 0.15) is 0 Å². The Balaban J connectivity index is 0.00000324. The molecule has 0 aliphatic heterocycles. The summed E-state index contributed by atoms with van der Waals surface area (Å²) in [5, 5.41) is 9.80. The van der Waals surface area contributed by atoms with Crippen LogP contribution >= 0.6 is 12.4 Å². The van der Waals surface area contributed by atoms with E-state index in [4.69, 9.17) is 5.73 Å². The van der Waals surface area contributed by atoms with Crippen molar-refractivity contribution in [1.29, 1.82) is 0 Å². The van der Waals surface area contributed by atoms with E-state index in [1.807, 2.05) is 13.8 Å². The lowest BCUT2D eigenvalue weighted by atomic mass is 9.95. The van der Waals surface area contributed by atoms with Gasteiger partial charge >= 0.3 is 0 Å². The lowest BCUT2D eigenvalue weighted by Gasteiger charge is -2.20. The normalized spacial score (nSPS) is 14.1. The summed E-state index contributed by atoms with van der Waals surface area (Å²) in [5.74, 6) is -3.77. The van der Waals surface area contributed by atoms with Crippen LogP contribution in [0, 0.1) is 23.4 Å². The standard InChI is InChI=1S/C13H18F3NO.ClH/c1-7(2)3-6-10(18)13(17)8-4-5-9(14)12(16)11(8)15;/h4-5,7,10,13,18H,3,6,17H2,1-2H3;1H/t10-,13+;/m0./s1. The van der Waals surface area contributed by atoms with Gasteiger partial charge in [-0.15, -0.1) is 12.4 Å². The number of benzene rings is 1. The first-order valence-electron chi connectivity index (χ1n) is 5.91. The highest BCUT2D eigenvalue weighted by Gasteiger charge is 2.23. The second kappa shape index (κ2) is 7.72. The van der Waals surface area contributed by atoms with Crippen LogP contribution in [0.3, 0.4) is 0 Å². The van der Waals surface area contributed by atoms with E-state index < -0.39 is 29.6 Å². The van der Waals surface area contributed by atoms with Crippen LogP contribution in [0.25, 0.3) is 0 Å². The Labute approximate surface area is 117 Å². The molecule has 0 aliphatic rings. The van der Waals surface area contributed by atoms with E-state index in [0.717, 1.165) is 18.6 Å². The predicted octanol–water partition coefficient (Wildman–Crippen LogP) is 3.32. The van der Waals surface area contributed by atoms with Crippen LogP contribution in [0.1, 0.15) is 38.3 Å². The summed E-state index contributed by atoms with van der Waals surface area (Å²) >= 11 is 0. The number of halogens is 4. The van der Waals surface area contributed by atoms with Crippen molar-refractivity contribution in [3.63, 3.8) is 0 Å². The SMILES string of the molecule is CC(C)CC[C@H](O)[C@H](N)c1ccc(F)c(F)c1F.Cl. The summed E-state index contributed by atoms with van der Waals surface area (Å²) in [6.07, 6.45) is 0.129. The number of rotatable bonds is 5. The third-order valence-electron chi connectivity index (χ3n) is 2.88. The van der Waals surface area contributed by atoms with Crippen molar-refractivity contribution in [3.8, 4) is 0 Å². The molecular formula is C13H19ClF3NO. The van der Waals surface area contributed by atoms with Gasteiger partial charge in [0.15, 0.2) is 17.5 Å². The first-order valence-corrected chi connectivity index (χ1v) is 5.91. The fraction of sp³-hybridized carbons (Fsp3) is 0.538. The minimum absolute atomic E-state index is 0. The average molecular weight is 298 g/mol. The Morgan fingerprint density at radius 1 is 1.11 bits per heavy atom. The summed E-state index contributed by atoms with van der Waals surface area (Å²) < 4.78 is 39.3. The molecule has 0 bridgehead atoms. The maximum Gasteiger partial charge on any atom is 0.194 e. The van der Waals surface area contributed by atoms with E-state index in [9.17, 15) is 18.3 Å². The molecule has 0 heterocycles. The summed E-state index contributed by atoms with van der Waals surface area (Å²) in [7, 11) is 0. The van der Waals surface area contributed by atoms with Gasteiger partial charge in [-0.3, -0.25) is 0 Å². The van der Waals surface area contributed by atoms with Crippen molar-refractivity contribution in [2.75, 3.05) is 0 Å². The van der Waals surface area contributed by atoms with Crippen LogP contribution in [0.4, 0.5) is 13.2 Å². The minimum Gasteiger partial charge on any atom is -0.391 e. The van der Waals surface area contributed by atoms with Crippen LogP contribution in [0.5, 0.6) is 0 Å². The molecule has 0 saturated heterocycles. The first kappa shape index (κ1) is 18.2. The van der Waals surface area contributed by atoms with Crippen molar-refractivity contribution in [2.24, 2.45) is 11.7 Å². The van der Waals surface area contributed by atoms with E-state index >= 15 is 0 Å². The third-order valence-corrected chi connectivity index (χ3v) is 2.88. The van der Waals surface area contributed by atoms with Gasteiger partial charge in [0.2, 0.25) is 0 Å². The van der Waals surface area contributed by atoms with Gasteiger partial charge in [0, 0.05) is 5.56 Å². The highest BCUT2D eigenvalue weighted by Crippen LogP contribution is 2.24. The van der Waals surface area contributed by atoms with E-state index in [-0.39, 0.29) is 18.0 Å². The molecule has 0 fully saturated rings. The molecule has 0 radical (unpaired) electrons. The lowest BCUT2D eigenvalue weighted by Crippen LogP contribution is -2.27. The molecule has 3 N–H and O–H groups in total. The zero-order valence-electron chi connectivity index (χ0n) is 10.9. The monoisotopic (exact) mass is 297 g/mol. The summed E-state index contributed by atoms with van der Waals surface area (Å²) in [4.78, 5) is 0. The van der Waals surface area contributed by atoms with Gasteiger partial charge < -0.3 is 10.8 Å². The van der Waals surface area contributed by atoms with Crippen LogP contribution in [-0.4, -0.2) is 11.2 Å². The highest BCUT2D eigenvalue weighted by molar-refractivity contribution is 5.85. The van der Waals surface area contributed by atoms with Crippen molar-refractivity contribution in [3.05, 3.63) is 35.1 Å². The summed E-state index contributed by atoms with van der Waals surface area (Å²) in [6, 6.07) is 0.818. The van der Waals surface area contributed by atoms with Gasteiger partial charge in [-0.2, -0.15) is 0 Å². The molecule has 0 amide bonds. The fourth-order valence-corrected chi connectivity index (χ4v) is 1.69. The molecule has 1 rings (SSSR count). The van der Waals surface area contributed by atoms with Gasteiger partial charge in [-0.25, -0.2) is 13.2 Å². The molecule has 19 heavy (non-hydrogen) atoms. The summed E-state index contributed by atoms with van der Waals surface area (Å²) in [6.45, 7) is 3.97. The molecule has 6 heteroatoms. The Bertz CT molecular complexity index is 415. The van der Waals surface area contributed by atoms with Crippen molar-refractivity contribution in [2.45, 2.75) is 38.8 Å². The molecular weight excluding hydrogens is 279 g/mol. The van der Waals surface area contributed by atoms with Gasteiger partial charge in [0.05, 0.1) is 12.1 Å². The maximum absolute atomic E-state index is 13.5. The number of hydrogen-bond donors (Lipinski definition) is 2. The second-order valence-corrected chi connectivity index (χ2v) is 4.83. The molecule has 0 saturated carbocycles. The minimum atomic E-state index is -1.56. The van der Waals surface area contributed by atoms with Crippen LogP contribution < -0.4 is 5.73 Å². The van der Waals surface area contributed by atoms with Crippen molar-refractivity contribution < 1.29 is 18.3 Å². The molecule has 2 nitrogen and oxygen atoms in total. The first-order chi connectivity index (χ1) is 8.34. The Morgan fingerprint density at radius 3 is 2.21 bits per heavy atom. The summed E-state index contributed by atoms with van der Waals surface area (Å²) in [5.41, 5.74) is 5.46. The second-order valence-electron chi connectivity index (χ2n) is 4.83. The molecule has 0 spiro atoms. The molecule has 0 aliphatic carbocycles.